The molecule has 0 saturated carbocycles. The van der Waals surface area contributed by atoms with Crippen LogP contribution in [0.2, 0.25) is 0 Å². The molecule has 2 aromatic carbocycles. The Kier molecular flexibility index (Phi) is 5.22. The number of nitrogens with one attached hydrogen (secondary N) is 1. The Hall–Kier alpha value is -3.15. The van der Waals surface area contributed by atoms with Gasteiger partial charge >= 0.3 is 0 Å². The van der Waals surface area contributed by atoms with E-state index in [0.717, 1.165) is 56.8 Å². The van der Waals surface area contributed by atoms with Crippen molar-refractivity contribution in [3.8, 4) is 0 Å². The highest BCUT2D eigenvalue weighted by molar-refractivity contribution is 5.91. The minimum absolute atomic E-state index is 0.0672. The van der Waals surface area contributed by atoms with E-state index < -0.39 is 0 Å². The third-order valence-electron chi connectivity index (χ3n) is 6.31. The van der Waals surface area contributed by atoms with Crippen LogP contribution in [0.4, 0.5) is 11.4 Å². The molecule has 6 heteroatoms. The maximum absolute atomic E-state index is 12.5. The molecule has 0 radical (unpaired) electrons. The van der Waals surface area contributed by atoms with E-state index in [2.05, 4.69) is 61.4 Å². The lowest BCUT2D eigenvalue weighted by Gasteiger charge is -2.31. The molecule has 0 unspecified atom stereocenters. The molecule has 0 aliphatic carbocycles. The van der Waals surface area contributed by atoms with Crippen molar-refractivity contribution in [1.82, 2.24) is 14.8 Å². The van der Waals surface area contributed by atoms with Gasteiger partial charge in [0.05, 0.1) is 0 Å². The van der Waals surface area contributed by atoms with E-state index in [1.54, 1.807) is 0 Å². The van der Waals surface area contributed by atoms with Crippen molar-refractivity contribution in [1.29, 1.82) is 0 Å². The predicted molar refractivity (Wildman–Crippen MR) is 118 cm³/mol. The summed E-state index contributed by atoms with van der Waals surface area (Å²) in [7, 11) is 0. The molecule has 1 amide bonds. The summed E-state index contributed by atoms with van der Waals surface area (Å²) in [5.41, 5.74) is 4.84. The minimum atomic E-state index is 0.0672. The molecule has 6 nitrogen and oxygen atoms in total. The van der Waals surface area contributed by atoms with E-state index in [-0.39, 0.29) is 5.91 Å². The topological polar surface area (TPSA) is 63.1 Å². The van der Waals surface area contributed by atoms with Crippen LogP contribution < -0.4 is 10.2 Å². The van der Waals surface area contributed by atoms with Crippen LogP contribution in [0.5, 0.6) is 0 Å². The Labute approximate surface area is 176 Å². The highest BCUT2D eigenvalue weighted by Crippen LogP contribution is 2.29. The van der Waals surface area contributed by atoms with Gasteiger partial charge in [0, 0.05) is 49.8 Å². The molecule has 0 spiro atoms. The van der Waals surface area contributed by atoms with Crippen molar-refractivity contribution in [3.63, 3.8) is 0 Å². The Balaban J connectivity index is 1.15. The summed E-state index contributed by atoms with van der Waals surface area (Å²) < 4.78 is 2.14. The molecule has 30 heavy (non-hydrogen) atoms. The molecular weight excluding hydrogens is 374 g/mol. The van der Waals surface area contributed by atoms with E-state index in [0.29, 0.717) is 12.3 Å². The number of para-hydroxylation sites is 1. The molecular formula is C24H27N5O. The Morgan fingerprint density at radius 1 is 1.10 bits per heavy atom. The normalized spacial score (nSPS) is 17.9. The highest BCUT2D eigenvalue weighted by atomic mass is 16.1. The number of aromatic nitrogens is 3. The average molecular weight is 402 g/mol. The lowest BCUT2D eigenvalue weighted by Crippen LogP contribution is -2.32. The van der Waals surface area contributed by atoms with E-state index in [4.69, 9.17) is 0 Å². The SMILES string of the molecule is O=C(CCN1CCCc2ccccc21)Nc1ccc([C@H]2CCc3nncn3C2)cc1. The molecule has 3 aromatic rings. The number of nitrogens with zero attached hydrogens (tertiary/aromatic N) is 4. The van der Waals surface area contributed by atoms with Gasteiger partial charge in [0.1, 0.15) is 12.2 Å². The number of amides is 1. The largest absolute Gasteiger partial charge is 0.371 e. The van der Waals surface area contributed by atoms with E-state index >= 15 is 0 Å². The van der Waals surface area contributed by atoms with Crippen molar-refractivity contribution in [2.24, 2.45) is 0 Å². The Morgan fingerprint density at radius 2 is 1.97 bits per heavy atom. The third kappa shape index (κ3) is 3.95. The van der Waals surface area contributed by atoms with Crippen LogP contribution in [-0.4, -0.2) is 33.8 Å². The number of anilines is 2. The number of hydrogen-bond acceptors (Lipinski definition) is 4. The molecule has 1 aromatic heterocycles. The van der Waals surface area contributed by atoms with Gasteiger partial charge in [-0.2, -0.15) is 0 Å². The summed E-state index contributed by atoms with van der Waals surface area (Å²) in [6.45, 7) is 2.70. The Bertz CT molecular complexity index is 1030. The van der Waals surface area contributed by atoms with E-state index in [1.807, 2.05) is 18.5 Å². The fourth-order valence-corrected chi connectivity index (χ4v) is 4.67. The first-order valence-corrected chi connectivity index (χ1v) is 10.9. The molecule has 1 N–H and O–H groups in total. The second-order valence-electron chi connectivity index (χ2n) is 8.27. The van der Waals surface area contributed by atoms with Crippen LogP contribution in [0.15, 0.2) is 54.9 Å². The van der Waals surface area contributed by atoms with Gasteiger partial charge < -0.3 is 14.8 Å². The Morgan fingerprint density at radius 3 is 2.87 bits per heavy atom. The van der Waals surface area contributed by atoms with Crippen LogP contribution in [0.3, 0.4) is 0 Å². The second kappa shape index (κ2) is 8.30. The number of aryl methyl sites for hydroxylation is 2. The van der Waals surface area contributed by atoms with Crippen molar-refractivity contribution < 1.29 is 4.79 Å². The van der Waals surface area contributed by atoms with Crippen LogP contribution in [-0.2, 0) is 24.2 Å². The molecule has 2 aliphatic heterocycles. The van der Waals surface area contributed by atoms with Crippen LogP contribution in [0, 0.1) is 0 Å². The lowest BCUT2D eigenvalue weighted by atomic mass is 9.91. The van der Waals surface area contributed by atoms with Crippen LogP contribution >= 0.6 is 0 Å². The monoisotopic (exact) mass is 401 g/mol. The number of fused-ring (bicyclic) bond motifs is 2. The standard InChI is InChI=1S/C24H27N5O/c30-24(13-15-28-14-3-5-19-4-1-2-6-22(19)28)26-21-10-7-18(8-11-21)20-9-12-23-27-25-17-29(23)16-20/h1-2,4,6-8,10-11,17,20H,3,5,9,12-16H2,(H,26,30)/t20-/m0/s1. The van der Waals surface area contributed by atoms with E-state index in [9.17, 15) is 4.79 Å². The summed E-state index contributed by atoms with van der Waals surface area (Å²) >= 11 is 0. The second-order valence-corrected chi connectivity index (χ2v) is 8.27. The van der Waals surface area contributed by atoms with Crippen LogP contribution in [0.25, 0.3) is 0 Å². The molecule has 0 saturated heterocycles. The molecule has 0 bridgehead atoms. The first-order valence-electron chi connectivity index (χ1n) is 10.9. The average Bonchev–Trinajstić information content (AvgIpc) is 3.26. The van der Waals surface area contributed by atoms with Crippen molar-refractivity contribution in [2.75, 3.05) is 23.3 Å². The van der Waals surface area contributed by atoms with E-state index in [1.165, 1.54) is 16.8 Å². The minimum Gasteiger partial charge on any atom is -0.371 e. The van der Waals surface area contributed by atoms with Gasteiger partial charge in [0.15, 0.2) is 0 Å². The lowest BCUT2D eigenvalue weighted by molar-refractivity contribution is -0.116. The summed E-state index contributed by atoms with van der Waals surface area (Å²) in [6.07, 6.45) is 6.64. The number of rotatable bonds is 5. The zero-order valence-electron chi connectivity index (χ0n) is 17.1. The van der Waals surface area contributed by atoms with Crippen LogP contribution in [0.1, 0.15) is 42.1 Å². The molecule has 2 aliphatic rings. The van der Waals surface area contributed by atoms with Crippen molar-refractivity contribution in [3.05, 3.63) is 71.8 Å². The number of carbonyl (C=O) groups excluding carboxylic acids is 1. The maximum atomic E-state index is 12.5. The molecule has 5 rings (SSSR count). The van der Waals surface area contributed by atoms with Gasteiger partial charge in [0.25, 0.3) is 0 Å². The summed E-state index contributed by atoms with van der Waals surface area (Å²) in [5.74, 6) is 1.61. The molecule has 154 valence electrons. The van der Waals surface area contributed by atoms with Gasteiger partial charge in [-0.1, -0.05) is 30.3 Å². The third-order valence-corrected chi connectivity index (χ3v) is 6.31. The fraction of sp³-hybridized carbons (Fsp3) is 0.375. The van der Waals surface area contributed by atoms with Gasteiger partial charge in [-0.05, 0) is 48.6 Å². The summed E-state index contributed by atoms with van der Waals surface area (Å²) in [6, 6.07) is 16.8. The molecule has 3 heterocycles. The molecule has 1 atom stereocenters. The number of benzene rings is 2. The van der Waals surface area contributed by atoms with Gasteiger partial charge in [-0.15, -0.1) is 10.2 Å². The fourth-order valence-electron chi connectivity index (χ4n) is 4.67. The first kappa shape index (κ1) is 18.9. The maximum Gasteiger partial charge on any atom is 0.226 e. The van der Waals surface area contributed by atoms with Gasteiger partial charge in [0.2, 0.25) is 5.91 Å². The molecule has 0 fully saturated rings. The van der Waals surface area contributed by atoms with Crippen molar-refractivity contribution >= 4 is 17.3 Å². The smallest absolute Gasteiger partial charge is 0.226 e. The summed E-state index contributed by atoms with van der Waals surface area (Å²) in [4.78, 5) is 14.8. The first-order chi connectivity index (χ1) is 14.8. The zero-order chi connectivity index (χ0) is 20.3. The quantitative estimate of drug-likeness (QED) is 0.707. The van der Waals surface area contributed by atoms with Gasteiger partial charge in [-0.3, -0.25) is 4.79 Å². The number of hydrogen-bond donors (Lipinski definition) is 1. The highest BCUT2D eigenvalue weighted by Gasteiger charge is 2.21. The van der Waals surface area contributed by atoms with Gasteiger partial charge in [-0.25, -0.2) is 0 Å². The summed E-state index contributed by atoms with van der Waals surface area (Å²) in [5, 5.41) is 11.2. The zero-order valence-corrected chi connectivity index (χ0v) is 17.1. The van der Waals surface area contributed by atoms with Crippen molar-refractivity contribution in [2.45, 2.75) is 44.6 Å². The number of carbonyl (C=O) groups is 1. The predicted octanol–water partition coefficient (Wildman–Crippen LogP) is 3.79.